The van der Waals surface area contributed by atoms with Gasteiger partial charge < -0.3 is 10.1 Å². The predicted octanol–water partition coefficient (Wildman–Crippen LogP) is 6.42. The molecule has 1 heterocycles. The van der Waals surface area contributed by atoms with Crippen LogP contribution in [0.25, 0.3) is 0 Å². The summed E-state index contributed by atoms with van der Waals surface area (Å²) in [7, 11) is 0. The van der Waals surface area contributed by atoms with E-state index in [4.69, 9.17) is 4.74 Å². The van der Waals surface area contributed by atoms with Crippen LogP contribution >= 0.6 is 0 Å². The smallest absolute Gasteiger partial charge is 0.227 e. The summed E-state index contributed by atoms with van der Waals surface area (Å²) in [6.45, 7) is 8.90. The van der Waals surface area contributed by atoms with E-state index in [2.05, 4.69) is 26.1 Å². The quantitative estimate of drug-likeness (QED) is 0.520. The average Bonchev–Trinajstić information content (AvgIpc) is 2.92. The molecule has 5 heteroatoms. The number of nitrogens with one attached hydrogen (secondary N) is 1. The van der Waals surface area contributed by atoms with Crippen molar-refractivity contribution in [3.8, 4) is 5.75 Å². The number of para-hydroxylation sites is 2. The Bertz CT molecular complexity index is 1090. The van der Waals surface area contributed by atoms with E-state index in [1.807, 2.05) is 60.4 Å². The minimum atomic E-state index is -0.498. The molecule has 0 radical (unpaired) electrons. The molecule has 0 bridgehead atoms. The number of rotatable bonds is 6. The fourth-order valence-corrected chi connectivity index (χ4v) is 4.86. The third-order valence-electron chi connectivity index (χ3n) is 6.41. The van der Waals surface area contributed by atoms with Gasteiger partial charge in [0.1, 0.15) is 5.75 Å². The Labute approximate surface area is 196 Å². The Morgan fingerprint density at radius 2 is 1.91 bits per heavy atom. The third kappa shape index (κ3) is 4.68. The van der Waals surface area contributed by atoms with Crippen molar-refractivity contribution in [1.29, 1.82) is 0 Å². The fourth-order valence-electron chi connectivity index (χ4n) is 4.86. The Morgan fingerprint density at radius 3 is 2.67 bits per heavy atom. The molecule has 1 atom stereocenters. The zero-order valence-electron chi connectivity index (χ0n) is 20.1. The Hall–Kier alpha value is -3.08. The van der Waals surface area contributed by atoms with E-state index < -0.39 is 6.04 Å². The molecule has 2 aliphatic rings. The second-order valence-corrected chi connectivity index (χ2v) is 9.77. The molecule has 2 aromatic rings. The molecule has 0 saturated carbocycles. The second-order valence-electron chi connectivity index (χ2n) is 9.77. The molecule has 0 fully saturated rings. The predicted molar refractivity (Wildman–Crippen MR) is 132 cm³/mol. The zero-order chi connectivity index (χ0) is 23.6. The summed E-state index contributed by atoms with van der Waals surface area (Å²) >= 11 is 0. The highest BCUT2D eigenvalue weighted by Gasteiger charge is 2.42. The SMILES string of the molecule is CCCCOc1cccc(C2C3=C(CC(C)(C)CC3=O)Nc3ccccc3N2C(=O)CC)c1. The minimum Gasteiger partial charge on any atom is -0.494 e. The number of hydrogen-bond acceptors (Lipinski definition) is 4. The molecule has 5 nitrogen and oxygen atoms in total. The van der Waals surface area contributed by atoms with E-state index in [1.165, 1.54) is 0 Å². The highest BCUT2D eigenvalue weighted by atomic mass is 16.5. The monoisotopic (exact) mass is 446 g/mol. The minimum absolute atomic E-state index is 0.0158. The lowest BCUT2D eigenvalue weighted by atomic mass is 9.73. The molecular weight excluding hydrogens is 412 g/mol. The van der Waals surface area contributed by atoms with E-state index in [0.717, 1.165) is 47.6 Å². The van der Waals surface area contributed by atoms with Gasteiger partial charge in [0.05, 0.1) is 24.0 Å². The van der Waals surface area contributed by atoms with Gasteiger partial charge in [0, 0.05) is 24.1 Å². The molecule has 1 unspecified atom stereocenters. The van der Waals surface area contributed by atoms with E-state index >= 15 is 0 Å². The zero-order valence-corrected chi connectivity index (χ0v) is 20.1. The number of carbonyl (C=O) groups is 2. The topological polar surface area (TPSA) is 58.6 Å². The number of fused-ring (bicyclic) bond motifs is 1. The summed E-state index contributed by atoms with van der Waals surface area (Å²) in [6.07, 6.45) is 3.60. The van der Waals surface area contributed by atoms with E-state index in [0.29, 0.717) is 25.0 Å². The number of carbonyl (C=O) groups excluding carboxylic acids is 2. The van der Waals surface area contributed by atoms with Crippen molar-refractivity contribution in [3.05, 3.63) is 65.4 Å². The van der Waals surface area contributed by atoms with Crippen molar-refractivity contribution in [3.63, 3.8) is 0 Å². The molecule has 1 amide bonds. The normalized spacial score (nSPS) is 19.3. The summed E-state index contributed by atoms with van der Waals surface area (Å²) < 4.78 is 5.98. The summed E-state index contributed by atoms with van der Waals surface area (Å²) in [5, 5.41) is 3.55. The number of amides is 1. The molecule has 33 heavy (non-hydrogen) atoms. The molecule has 0 aromatic heterocycles. The van der Waals surface area contributed by atoms with Gasteiger partial charge in [0.15, 0.2) is 5.78 Å². The molecule has 0 spiro atoms. The maximum atomic E-state index is 13.6. The van der Waals surface area contributed by atoms with Crippen LogP contribution in [-0.4, -0.2) is 18.3 Å². The summed E-state index contributed by atoms with van der Waals surface area (Å²) in [5.74, 6) is 0.844. The summed E-state index contributed by atoms with van der Waals surface area (Å²) in [4.78, 5) is 28.8. The van der Waals surface area contributed by atoms with Crippen LogP contribution in [0, 0.1) is 5.41 Å². The van der Waals surface area contributed by atoms with E-state index in [1.54, 1.807) is 0 Å². The van der Waals surface area contributed by atoms with Crippen LogP contribution in [0.2, 0.25) is 0 Å². The molecule has 1 N–H and O–H groups in total. The van der Waals surface area contributed by atoms with Gasteiger partial charge in [0.25, 0.3) is 0 Å². The number of allylic oxidation sites excluding steroid dienone is 1. The van der Waals surface area contributed by atoms with E-state index in [-0.39, 0.29) is 17.1 Å². The standard InChI is InChI=1S/C28H34N2O3/c1-5-7-15-33-20-12-10-11-19(16-20)27-26-22(17-28(3,4)18-24(26)31)29-21-13-8-9-14-23(21)30(27)25(32)6-2/h8-14,16,27,29H,5-7,15,17-18H2,1-4H3. The van der Waals surface area contributed by atoms with Gasteiger partial charge in [-0.1, -0.05) is 58.4 Å². The lowest BCUT2D eigenvalue weighted by Gasteiger charge is -2.37. The average molecular weight is 447 g/mol. The molecule has 2 aromatic carbocycles. The first kappa shape index (κ1) is 23.1. The first-order chi connectivity index (χ1) is 15.8. The van der Waals surface area contributed by atoms with Gasteiger partial charge >= 0.3 is 0 Å². The van der Waals surface area contributed by atoms with Crippen LogP contribution in [-0.2, 0) is 9.59 Å². The van der Waals surface area contributed by atoms with Crippen LogP contribution in [0.15, 0.2) is 59.8 Å². The number of ether oxygens (including phenoxy) is 1. The van der Waals surface area contributed by atoms with Crippen molar-refractivity contribution in [1.82, 2.24) is 0 Å². The Morgan fingerprint density at radius 1 is 1.12 bits per heavy atom. The number of benzene rings is 2. The van der Waals surface area contributed by atoms with Gasteiger partial charge in [0.2, 0.25) is 5.91 Å². The molecule has 1 aliphatic heterocycles. The van der Waals surface area contributed by atoms with Crippen LogP contribution in [0.5, 0.6) is 5.75 Å². The maximum absolute atomic E-state index is 13.6. The lowest BCUT2D eigenvalue weighted by molar-refractivity contribution is -0.119. The number of nitrogens with zero attached hydrogens (tertiary/aromatic N) is 1. The van der Waals surface area contributed by atoms with Crippen LogP contribution < -0.4 is 15.0 Å². The number of hydrogen-bond donors (Lipinski definition) is 1. The van der Waals surface area contributed by atoms with Crippen molar-refractivity contribution < 1.29 is 14.3 Å². The van der Waals surface area contributed by atoms with Crippen molar-refractivity contribution in [2.24, 2.45) is 5.41 Å². The highest BCUT2D eigenvalue weighted by Crippen LogP contribution is 2.48. The molecule has 4 rings (SSSR count). The maximum Gasteiger partial charge on any atom is 0.227 e. The van der Waals surface area contributed by atoms with Gasteiger partial charge in [-0.15, -0.1) is 0 Å². The Balaban J connectivity index is 1.91. The molecule has 174 valence electrons. The van der Waals surface area contributed by atoms with Crippen molar-refractivity contribution >= 4 is 23.1 Å². The fraction of sp³-hybridized carbons (Fsp3) is 0.429. The second kappa shape index (κ2) is 9.42. The first-order valence-corrected chi connectivity index (χ1v) is 12.0. The van der Waals surface area contributed by atoms with Crippen LogP contribution in [0.1, 0.15) is 71.4 Å². The number of ketones is 1. The van der Waals surface area contributed by atoms with Crippen molar-refractivity contribution in [2.75, 3.05) is 16.8 Å². The first-order valence-electron chi connectivity index (χ1n) is 12.0. The molecule has 0 saturated heterocycles. The van der Waals surface area contributed by atoms with E-state index in [9.17, 15) is 9.59 Å². The Kier molecular flexibility index (Phi) is 6.59. The molecule has 1 aliphatic carbocycles. The lowest BCUT2D eigenvalue weighted by Crippen LogP contribution is -2.39. The summed E-state index contributed by atoms with van der Waals surface area (Å²) in [6, 6.07) is 15.2. The third-order valence-corrected chi connectivity index (χ3v) is 6.41. The number of unbranched alkanes of at least 4 members (excludes halogenated alkanes) is 1. The largest absolute Gasteiger partial charge is 0.494 e. The van der Waals surface area contributed by atoms with Crippen molar-refractivity contribution in [2.45, 2.75) is 65.8 Å². The van der Waals surface area contributed by atoms with Gasteiger partial charge in [-0.2, -0.15) is 0 Å². The van der Waals surface area contributed by atoms with Gasteiger partial charge in [-0.25, -0.2) is 0 Å². The van der Waals surface area contributed by atoms with Crippen LogP contribution in [0.4, 0.5) is 11.4 Å². The summed E-state index contributed by atoms with van der Waals surface area (Å²) in [5.41, 5.74) is 4.01. The highest BCUT2D eigenvalue weighted by molar-refractivity contribution is 6.06. The number of anilines is 2. The van der Waals surface area contributed by atoms with Gasteiger partial charge in [-0.3, -0.25) is 14.5 Å². The number of Topliss-reactive ketones (excluding diaryl/α,β-unsaturated/α-hetero) is 1. The van der Waals surface area contributed by atoms with Crippen LogP contribution in [0.3, 0.4) is 0 Å². The van der Waals surface area contributed by atoms with Gasteiger partial charge in [-0.05, 0) is 48.1 Å². The molecular formula is C28H34N2O3.